The Bertz CT molecular complexity index is 1030. The number of rotatable bonds is 6. The number of carbonyl (C=O) groups is 3. The highest BCUT2D eigenvalue weighted by atomic mass is 16.2. The van der Waals surface area contributed by atoms with Gasteiger partial charge in [-0.2, -0.15) is 0 Å². The third kappa shape index (κ3) is 4.76. The third-order valence-electron chi connectivity index (χ3n) is 4.29. The number of nitrogens with zero attached hydrogens (tertiary/aromatic N) is 1. The van der Waals surface area contributed by atoms with Crippen LogP contribution in [0.1, 0.15) is 12.5 Å². The Morgan fingerprint density at radius 1 is 1.00 bits per heavy atom. The standard InChI is InChI=1S/C21H22N4O3/c1-14(26)23-16-6-5-7-17(11-16)24-20(27)13-25(2)21(28)10-15-12-22-19-9-4-3-8-18(15)19/h3-9,11-12,22H,10,13H2,1-2H3,(H,23,26)(H,24,27). The summed E-state index contributed by atoms with van der Waals surface area (Å²) >= 11 is 0. The monoisotopic (exact) mass is 378 g/mol. The predicted octanol–water partition coefficient (Wildman–Crippen LogP) is 2.77. The fraction of sp³-hybridized carbons (Fsp3) is 0.190. The molecule has 28 heavy (non-hydrogen) atoms. The number of H-pyrrole nitrogens is 1. The number of nitrogens with one attached hydrogen (secondary N) is 3. The first-order chi connectivity index (χ1) is 13.4. The van der Waals surface area contributed by atoms with E-state index in [1.54, 1.807) is 31.3 Å². The van der Waals surface area contributed by atoms with Crippen LogP contribution in [0.4, 0.5) is 11.4 Å². The zero-order valence-electron chi connectivity index (χ0n) is 15.8. The van der Waals surface area contributed by atoms with Crippen LogP contribution >= 0.6 is 0 Å². The van der Waals surface area contributed by atoms with Crippen LogP contribution in [0.15, 0.2) is 54.7 Å². The average Bonchev–Trinajstić information content (AvgIpc) is 3.04. The average molecular weight is 378 g/mol. The van der Waals surface area contributed by atoms with Crippen molar-refractivity contribution in [3.05, 3.63) is 60.3 Å². The van der Waals surface area contributed by atoms with E-state index in [1.807, 2.05) is 30.5 Å². The highest BCUT2D eigenvalue weighted by Crippen LogP contribution is 2.19. The third-order valence-corrected chi connectivity index (χ3v) is 4.29. The molecule has 144 valence electrons. The van der Waals surface area contributed by atoms with E-state index >= 15 is 0 Å². The molecule has 7 nitrogen and oxygen atoms in total. The fourth-order valence-electron chi connectivity index (χ4n) is 2.96. The summed E-state index contributed by atoms with van der Waals surface area (Å²) in [4.78, 5) is 40.5. The minimum atomic E-state index is -0.310. The number of carbonyl (C=O) groups excluding carboxylic acids is 3. The molecule has 0 spiro atoms. The van der Waals surface area contributed by atoms with Gasteiger partial charge in [-0.1, -0.05) is 24.3 Å². The number of benzene rings is 2. The lowest BCUT2D eigenvalue weighted by molar-refractivity contribution is -0.132. The molecular formula is C21H22N4O3. The summed E-state index contributed by atoms with van der Waals surface area (Å²) in [6.07, 6.45) is 2.04. The second-order valence-corrected chi connectivity index (χ2v) is 6.60. The molecule has 3 rings (SSSR count). The quantitative estimate of drug-likeness (QED) is 0.616. The number of para-hydroxylation sites is 1. The van der Waals surface area contributed by atoms with Crippen LogP contribution in [0.2, 0.25) is 0 Å². The maximum Gasteiger partial charge on any atom is 0.243 e. The first kappa shape index (κ1) is 19.2. The minimum Gasteiger partial charge on any atom is -0.361 e. The summed E-state index contributed by atoms with van der Waals surface area (Å²) in [7, 11) is 1.60. The van der Waals surface area contributed by atoms with Gasteiger partial charge in [0.1, 0.15) is 0 Å². The molecule has 0 radical (unpaired) electrons. The Balaban J connectivity index is 1.58. The molecule has 0 saturated carbocycles. The number of fused-ring (bicyclic) bond motifs is 1. The summed E-state index contributed by atoms with van der Waals surface area (Å²) in [6.45, 7) is 1.35. The molecule has 0 aliphatic heterocycles. The van der Waals surface area contributed by atoms with Gasteiger partial charge in [0.05, 0.1) is 13.0 Å². The van der Waals surface area contributed by atoms with Crippen LogP contribution in [-0.2, 0) is 20.8 Å². The van der Waals surface area contributed by atoms with Crippen LogP contribution < -0.4 is 10.6 Å². The maximum absolute atomic E-state index is 12.5. The molecule has 0 unspecified atom stereocenters. The Hall–Kier alpha value is -3.61. The number of hydrogen-bond donors (Lipinski definition) is 3. The highest BCUT2D eigenvalue weighted by molar-refractivity contribution is 5.96. The first-order valence-corrected chi connectivity index (χ1v) is 8.89. The zero-order chi connectivity index (χ0) is 20.1. The molecule has 0 fully saturated rings. The Morgan fingerprint density at radius 2 is 1.71 bits per heavy atom. The molecule has 7 heteroatoms. The molecule has 0 atom stereocenters. The van der Waals surface area contributed by atoms with E-state index in [4.69, 9.17) is 0 Å². The van der Waals surface area contributed by atoms with Gasteiger partial charge >= 0.3 is 0 Å². The van der Waals surface area contributed by atoms with Crippen LogP contribution in [0.5, 0.6) is 0 Å². The molecule has 0 aliphatic carbocycles. The number of aromatic nitrogens is 1. The second-order valence-electron chi connectivity index (χ2n) is 6.60. The van der Waals surface area contributed by atoms with Crippen molar-refractivity contribution in [3.8, 4) is 0 Å². The van der Waals surface area contributed by atoms with Crippen molar-refractivity contribution in [1.29, 1.82) is 0 Å². The fourth-order valence-corrected chi connectivity index (χ4v) is 2.96. The van der Waals surface area contributed by atoms with Gasteiger partial charge in [0.25, 0.3) is 0 Å². The summed E-state index contributed by atoms with van der Waals surface area (Å²) in [6, 6.07) is 14.6. The van der Waals surface area contributed by atoms with E-state index in [9.17, 15) is 14.4 Å². The summed E-state index contributed by atoms with van der Waals surface area (Å²) in [5.74, 6) is -0.646. The first-order valence-electron chi connectivity index (χ1n) is 8.89. The van der Waals surface area contributed by atoms with Gasteiger partial charge in [0, 0.05) is 42.4 Å². The van der Waals surface area contributed by atoms with E-state index < -0.39 is 0 Å². The number of anilines is 2. The smallest absolute Gasteiger partial charge is 0.243 e. The predicted molar refractivity (Wildman–Crippen MR) is 109 cm³/mol. The molecular weight excluding hydrogens is 356 g/mol. The van der Waals surface area contributed by atoms with Crippen LogP contribution in [0.3, 0.4) is 0 Å². The molecule has 0 aliphatic rings. The Kier molecular flexibility index (Phi) is 5.74. The lowest BCUT2D eigenvalue weighted by Gasteiger charge is -2.17. The van der Waals surface area contributed by atoms with Gasteiger partial charge in [-0.15, -0.1) is 0 Å². The van der Waals surface area contributed by atoms with Crippen molar-refractivity contribution in [2.45, 2.75) is 13.3 Å². The van der Waals surface area contributed by atoms with Gasteiger partial charge < -0.3 is 20.5 Å². The SMILES string of the molecule is CC(=O)Nc1cccc(NC(=O)CN(C)C(=O)Cc2c[nH]c3ccccc23)c1. The molecule has 3 amide bonds. The Morgan fingerprint density at radius 3 is 2.46 bits per heavy atom. The molecule has 1 aromatic heterocycles. The minimum absolute atomic E-state index is 0.0639. The van der Waals surface area contributed by atoms with Crippen LogP contribution in [0.25, 0.3) is 10.9 Å². The van der Waals surface area contributed by atoms with E-state index in [0.717, 1.165) is 16.5 Å². The van der Waals surface area contributed by atoms with Crippen molar-refractivity contribution in [3.63, 3.8) is 0 Å². The van der Waals surface area contributed by atoms with E-state index in [-0.39, 0.29) is 30.7 Å². The van der Waals surface area contributed by atoms with E-state index in [2.05, 4.69) is 15.6 Å². The highest BCUT2D eigenvalue weighted by Gasteiger charge is 2.15. The summed E-state index contributed by atoms with van der Waals surface area (Å²) < 4.78 is 0. The maximum atomic E-state index is 12.5. The number of amides is 3. The molecule has 1 heterocycles. The largest absolute Gasteiger partial charge is 0.361 e. The van der Waals surface area contributed by atoms with Gasteiger partial charge in [-0.25, -0.2) is 0 Å². The lowest BCUT2D eigenvalue weighted by Crippen LogP contribution is -2.35. The van der Waals surface area contributed by atoms with Crippen LogP contribution in [-0.4, -0.2) is 41.2 Å². The van der Waals surface area contributed by atoms with Crippen molar-refractivity contribution < 1.29 is 14.4 Å². The molecule has 2 aromatic carbocycles. The molecule has 3 aromatic rings. The lowest BCUT2D eigenvalue weighted by atomic mass is 10.1. The second kappa shape index (κ2) is 8.39. The number of aromatic amines is 1. The van der Waals surface area contributed by atoms with Crippen molar-refractivity contribution in [1.82, 2.24) is 9.88 Å². The van der Waals surface area contributed by atoms with Gasteiger partial charge in [0.15, 0.2) is 0 Å². The van der Waals surface area contributed by atoms with Crippen LogP contribution in [0, 0.1) is 0 Å². The Labute approximate surface area is 162 Å². The normalized spacial score (nSPS) is 10.5. The van der Waals surface area contributed by atoms with E-state index in [1.165, 1.54) is 11.8 Å². The summed E-state index contributed by atoms with van der Waals surface area (Å²) in [5.41, 5.74) is 3.02. The van der Waals surface area contributed by atoms with E-state index in [0.29, 0.717) is 11.4 Å². The zero-order valence-corrected chi connectivity index (χ0v) is 15.8. The van der Waals surface area contributed by atoms with Crippen molar-refractivity contribution in [2.24, 2.45) is 0 Å². The van der Waals surface area contributed by atoms with Gasteiger partial charge in [-0.05, 0) is 29.8 Å². The molecule has 3 N–H and O–H groups in total. The van der Waals surface area contributed by atoms with Crippen molar-refractivity contribution >= 4 is 40.0 Å². The summed E-state index contributed by atoms with van der Waals surface area (Å²) in [5, 5.41) is 6.40. The molecule has 0 saturated heterocycles. The number of hydrogen-bond acceptors (Lipinski definition) is 3. The number of likely N-dealkylation sites (N-methyl/N-ethyl adjacent to an activating group) is 1. The topological polar surface area (TPSA) is 94.3 Å². The van der Waals surface area contributed by atoms with Gasteiger partial charge in [-0.3, -0.25) is 14.4 Å². The molecule has 0 bridgehead atoms. The van der Waals surface area contributed by atoms with Gasteiger partial charge in [0.2, 0.25) is 17.7 Å². The van der Waals surface area contributed by atoms with Crippen molar-refractivity contribution in [2.75, 3.05) is 24.2 Å².